The van der Waals surface area contributed by atoms with E-state index in [-0.39, 0.29) is 17.9 Å². The maximum atomic E-state index is 12.1. The van der Waals surface area contributed by atoms with E-state index in [4.69, 9.17) is 5.26 Å². The van der Waals surface area contributed by atoms with Crippen LogP contribution in [0, 0.1) is 17.2 Å². The Morgan fingerprint density at radius 2 is 2.22 bits per heavy atom. The molecule has 0 bridgehead atoms. The fourth-order valence-electron chi connectivity index (χ4n) is 3.03. The van der Waals surface area contributed by atoms with Crippen LogP contribution in [0.1, 0.15) is 24.0 Å². The first-order chi connectivity index (χ1) is 11.1. The van der Waals surface area contributed by atoms with Gasteiger partial charge in [0, 0.05) is 57.3 Å². The molecular weight excluding hydrogens is 292 g/mol. The fraction of sp³-hybridized carbons (Fsp3) is 0.375. The molecule has 1 aliphatic heterocycles. The molecular formula is C16H18N6O. The average Bonchev–Trinajstić information content (AvgIpc) is 3.09. The molecule has 0 radical (unpaired) electrons. The molecule has 1 aliphatic rings. The zero-order valence-electron chi connectivity index (χ0n) is 13.1. The summed E-state index contributed by atoms with van der Waals surface area (Å²) in [5.41, 5.74) is 1.20. The third-order valence-corrected chi connectivity index (χ3v) is 4.26. The molecule has 7 heteroatoms. The molecule has 1 saturated heterocycles. The second kappa shape index (κ2) is 6.08. The number of likely N-dealkylation sites (tertiary alicyclic amines) is 1. The molecule has 1 fully saturated rings. The van der Waals surface area contributed by atoms with E-state index in [1.165, 1.54) is 0 Å². The first kappa shape index (κ1) is 15.0. The lowest BCUT2D eigenvalue weighted by Crippen LogP contribution is -2.28. The largest absolute Gasteiger partial charge is 0.385 e. The van der Waals surface area contributed by atoms with E-state index in [1.54, 1.807) is 23.4 Å². The molecule has 0 saturated carbocycles. The smallest absolute Gasteiger partial charge is 0.223 e. The Balaban J connectivity index is 1.77. The van der Waals surface area contributed by atoms with Crippen molar-refractivity contribution in [1.29, 1.82) is 5.26 Å². The number of amides is 1. The fourth-order valence-corrected chi connectivity index (χ4v) is 3.03. The summed E-state index contributed by atoms with van der Waals surface area (Å²) in [5.74, 6) is 1.13. The van der Waals surface area contributed by atoms with Gasteiger partial charge in [0.2, 0.25) is 5.91 Å². The number of pyridine rings is 1. The van der Waals surface area contributed by atoms with Crippen LogP contribution in [0.15, 0.2) is 30.7 Å². The minimum absolute atomic E-state index is 0.0488. The van der Waals surface area contributed by atoms with Crippen molar-refractivity contribution in [2.45, 2.75) is 12.5 Å². The Morgan fingerprint density at radius 1 is 1.39 bits per heavy atom. The highest BCUT2D eigenvalue weighted by Gasteiger charge is 2.40. The van der Waals surface area contributed by atoms with E-state index < -0.39 is 0 Å². The Bertz CT molecular complexity index is 762. The van der Waals surface area contributed by atoms with Crippen LogP contribution >= 0.6 is 0 Å². The van der Waals surface area contributed by atoms with Gasteiger partial charge in [0.1, 0.15) is 17.6 Å². The number of carbonyl (C=O) groups excluding carboxylic acids is 1. The van der Waals surface area contributed by atoms with Gasteiger partial charge in [-0.3, -0.25) is 4.79 Å². The van der Waals surface area contributed by atoms with Gasteiger partial charge in [0.15, 0.2) is 0 Å². The normalized spacial score (nSPS) is 20.6. The van der Waals surface area contributed by atoms with Crippen molar-refractivity contribution in [3.63, 3.8) is 0 Å². The lowest BCUT2D eigenvalue weighted by molar-refractivity contribution is -0.127. The van der Waals surface area contributed by atoms with Crippen LogP contribution in [0.3, 0.4) is 0 Å². The summed E-state index contributed by atoms with van der Waals surface area (Å²) in [6, 6.07) is 5.49. The Hall–Kier alpha value is -2.88. The topological polar surface area (TPSA) is 86.8 Å². The lowest BCUT2D eigenvalue weighted by atomic mass is 9.99. The summed E-state index contributed by atoms with van der Waals surface area (Å²) in [6.45, 7) is 0.627. The first-order valence-electron chi connectivity index (χ1n) is 7.43. The summed E-state index contributed by atoms with van der Waals surface area (Å²) in [6.07, 6.45) is 5.72. The molecule has 2 aromatic heterocycles. The van der Waals surface area contributed by atoms with E-state index in [1.807, 2.05) is 37.0 Å². The van der Waals surface area contributed by atoms with Gasteiger partial charge in [-0.05, 0) is 12.1 Å². The van der Waals surface area contributed by atoms with Crippen LogP contribution < -0.4 is 5.32 Å². The summed E-state index contributed by atoms with van der Waals surface area (Å²) >= 11 is 0. The minimum Gasteiger partial charge on any atom is -0.385 e. The quantitative estimate of drug-likeness (QED) is 0.920. The number of aromatic nitrogens is 3. The predicted octanol–water partition coefficient (Wildman–Crippen LogP) is 1.32. The number of carbonyl (C=O) groups is 1. The number of hydrogen-bond donors (Lipinski definition) is 1. The van der Waals surface area contributed by atoms with Crippen molar-refractivity contribution in [1.82, 2.24) is 19.4 Å². The maximum Gasteiger partial charge on any atom is 0.223 e. The van der Waals surface area contributed by atoms with Gasteiger partial charge in [0.05, 0.1) is 6.04 Å². The van der Waals surface area contributed by atoms with Crippen molar-refractivity contribution in [2.75, 3.05) is 18.9 Å². The minimum atomic E-state index is -0.0488. The molecule has 1 amide bonds. The third kappa shape index (κ3) is 2.88. The van der Waals surface area contributed by atoms with Crippen molar-refractivity contribution in [3.8, 4) is 6.07 Å². The summed E-state index contributed by atoms with van der Waals surface area (Å²) in [7, 11) is 3.76. The summed E-state index contributed by atoms with van der Waals surface area (Å²) < 4.78 is 1.95. The van der Waals surface area contributed by atoms with Crippen molar-refractivity contribution in [3.05, 3.63) is 42.2 Å². The molecule has 1 N–H and O–H groups in total. The molecule has 2 atom stereocenters. The van der Waals surface area contributed by atoms with Gasteiger partial charge in [0.25, 0.3) is 0 Å². The van der Waals surface area contributed by atoms with Crippen molar-refractivity contribution >= 4 is 11.6 Å². The SMILES string of the molecule is CN1C(=O)C[C@@H](CNc2ccnc(C#N)c2)[C@@H]1c1nccn1C. The summed E-state index contributed by atoms with van der Waals surface area (Å²) in [4.78, 5) is 22.2. The number of nitrogens with one attached hydrogen (secondary N) is 1. The Morgan fingerprint density at radius 3 is 2.91 bits per heavy atom. The first-order valence-corrected chi connectivity index (χ1v) is 7.43. The molecule has 2 aromatic rings. The second-order valence-corrected chi connectivity index (χ2v) is 5.73. The highest BCUT2D eigenvalue weighted by Crippen LogP contribution is 2.36. The van der Waals surface area contributed by atoms with Gasteiger partial charge >= 0.3 is 0 Å². The van der Waals surface area contributed by atoms with Crippen LogP contribution in [-0.4, -0.2) is 38.9 Å². The van der Waals surface area contributed by atoms with E-state index in [9.17, 15) is 4.79 Å². The molecule has 7 nitrogen and oxygen atoms in total. The number of aryl methyl sites for hydroxylation is 1. The molecule has 0 unspecified atom stereocenters. The molecule has 118 valence electrons. The standard InChI is InChI=1S/C16H18N6O/c1-21-6-5-19-16(21)15-11(7-14(23)22(15)2)10-20-12-3-4-18-13(8-12)9-17/h3-6,8,11,15H,7,10H2,1-2H3,(H,18,20)/t11-,15+/m0/s1. The van der Waals surface area contributed by atoms with Crippen LogP contribution in [0.25, 0.3) is 0 Å². The van der Waals surface area contributed by atoms with Gasteiger partial charge < -0.3 is 14.8 Å². The van der Waals surface area contributed by atoms with Crippen LogP contribution in [0.5, 0.6) is 0 Å². The lowest BCUT2D eigenvalue weighted by Gasteiger charge is -2.25. The van der Waals surface area contributed by atoms with Crippen LogP contribution in [-0.2, 0) is 11.8 Å². The number of imidazole rings is 1. The zero-order valence-corrected chi connectivity index (χ0v) is 13.1. The number of hydrogen-bond acceptors (Lipinski definition) is 5. The van der Waals surface area contributed by atoms with Gasteiger partial charge in [-0.25, -0.2) is 9.97 Å². The van der Waals surface area contributed by atoms with Gasteiger partial charge in [-0.2, -0.15) is 5.26 Å². The van der Waals surface area contributed by atoms with Crippen LogP contribution in [0.2, 0.25) is 0 Å². The highest BCUT2D eigenvalue weighted by atomic mass is 16.2. The molecule has 0 aliphatic carbocycles. The van der Waals surface area contributed by atoms with E-state index in [0.717, 1.165) is 11.5 Å². The van der Waals surface area contributed by atoms with Gasteiger partial charge in [-0.1, -0.05) is 0 Å². The number of anilines is 1. The van der Waals surface area contributed by atoms with E-state index in [2.05, 4.69) is 15.3 Å². The number of rotatable bonds is 4. The monoisotopic (exact) mass is 310 g/mol. The van der Waals surface area contributed by atoms with Crippen LogP contribution in [0.4, 0.5) is 5.69 Å². The van der Waals surface area contributed by atoms with Crippen molar-refractivity contribution < 1.29 is 4.79 Å². The zero-order chi connectivity index (χ0) is 16.4. The molecule has 3 heterocycles. The number of nitriles is 1. The third-order valence-electron chi connectivity index (χ3n) is 4.26. The molecule has 0 aromatic carbocycles. The second-order valence-electron chi connectivity index (χ2n) is 5.73. The number of nitrogens with zero attached hydrogens (tertiary/aromatic N) is 5. The Kier molecular flexibility index (Phi) is 3.98. The average molecular weight is 310 g/mol. The highest BCUT2D eigenvalue weighted by molar-refractivity contribution is 5.79. The predicted molar refractivity (Wildman–Crippen MR) is 84.3 cm³/mol. The molecule has 3 rings (SSSR count). The molecule has 0 spiro atoms. The van der Waals surface area contributed by atoms with Crippen molar-refractivity contribution in [2.24, 2.45) is 13.0 Å². The van der Waals surface area contributed by atoms with Gasteiger partial charge in [-0.15, -0.1) is 0 Å². The summed E-state index contributed by atoms with van der Waals surface area (Å²) in [5, 5.41) is 12.2. The Labute approximate surface area is 134 Å². The van der Waals surface area contributed by atoms with E-state index in [0.29, 0.717) is 18.7 Å². The molecule has 23 heavy (non-hydrogen) atoms. The maximum absolute atomic E-state index is 12.1. The van der Waals surface area contributed by atoms with E-state index >= 15 is 0 Å².